The minimum absolute atomic E-state index is 0.0237. The van der Waals surface area contributed by atoms with E-state index in [9.17, 15) is 23.1 Å². The molecule has 1 aromatic carbocycles. The fourth-order valence-electron chi connectivity index (χ4n) is 1.75. The Bertz CT molecular complexity index is 720. The molecule has 128 valence electrons. The molecule has 1 aromatic rings. The molecule has 23 heavy (non-hydrogen) atoms. The topological polar surface area (TPSA) is 153 Å². The van der Waals surface area contributed by atoms with E-state index in [-0.39, 0.29) is 23.6 Å². The van der Waals surface area contributed by atoms with Crippen LogP contribution < -0.4 is 10.6 Å². The molecule has 0 aliphatic rings. The lowest BCUT2D eigenvalue weighted by molar-refractivity contribution is -0.139. The molecule has 0 saturated heterocycles. The maximum absolute atomic E-state index is 11.8. The van der Waals surface area contributed by atoms with Gasteiger partial charge in [0.2, 0.25) is 5.91 Å². The summed E-state index contributed by atoms with van der Waals surface area (Å²) >= 11 is 5.68. The predicted octanol–water partition coefficient (Wildman–Crippen LogP) is 0.684. The summed E-state index contributed by atoms with van der Waals surface area (Å²) in [6, 6.07) is 0.988. The van der Waals surface area contributed by atoms with E-state index < -0.39 is 38.7 Å². The van der Waals surface area contributed by atoms with Gasteiger partial charge in [0.1, 0.15) is 10.9 Å². The quantitative estimate of drug-likeness (QED) is 0.349. The number of aliphatic carboxylic acids is 1. The highest BCUT2D eigenvalue weighted by molar-refractivity contribution is 7.86. The SMILES string of the molecule is CN[C@@H](CCC(=O)Nc1cc(Cl)cc(S(=O)(=O)O)c1O)C(=O)O. The number of halogens is 1. The number of amides is 1. The predicted molar refractivity (Wildman–Crippen MR) is 81.3 cm³/mol. The second kappa shape index (κ2) is 7.59. The lowest BCUT2D eigenvalue weighted by atomic mass is 10.1. The third kappa shape index (κ3) is 5.36. The smallest absolute Gasteiger partial charge is 0.320 e. The van der Waals surface area contributed by atoms with E-state index in [1.165, 1.54) is 7.05 Å². The van der Waals surface area contributed by atoms with Crippen LogP contribution in [0.2, 0.25) is 5.02 Å². The largest absolute Gasteiger partial charge is 0.504 e. The number of phenols is 1. The molecule has 9 nitrogen and oxygen atoms in total. The van der Waals surface area contributed by atoms with Crippen LogP contribution in [0.5, 0.6) is 5.75 Å². The molecule has 0 fully saturated rings. The maximum atomic E-state index is 11.8. The van der Waals surface area contributed by atoms with Gasteiger partial charge in [0.15, 0.2) is 5.75 Å². The molecule has 0 aliphatic heterocycles. The first-order valence-electron chi connectivity index (χ1n) is 6.26. The van der Waals surface area contributed by atoms with Crippen LogP contribution in [0.25, 0.3) is 0 Å². The van der Waals surface area contributed by atoms with Crippen molar-refractivity contribution in [2.75, 3.05) is 12.4 Å². The highest BCUT2D eigenvalue weighted by atomic mass is 35.5. The number of hydrogen-bond donors (Lipinski definition) is 5. The van der Waals surface area contributed by atoms with E-state index >= 15 is 0 Å². The van der Waals surface area contributed by atoms with Crippen molar-refractivity contribution < 1.29 is 32.8 Å². The standard InChI is InChI=1S/C12H15ClN2O7S/c1-14-7(12(18)19)2-3-10(16)15-8-4-6(13)5-9(11(8)17)23(20,21)22/h4-5,7,14,17H,2-3H2,1H3,(H,15,16)(H,18,19)(H,20,21,22)/t7-/m0/s1. The van der Waals surface area contributed by atoms with E-state index in [0.717, 1.165) is 12.1 Å². The van der Waals surface area contributed by atoms with Gasteiger partial charge in [-0.05, 0) is 25.6 Å². The van der Waals surface area contributed by atoms with Gasteiger partial charge in [-0.2, -0.15) is 8.42 Å². The second-order valence-electron chi connectivity index (χ2n) is 4.54. The fourth-order valence-corrected chi connectivity index (χ4v) is 2.66. The number of carbonyl (C=O) groups excluding carboxylic acids is 1. The maximum Gasteiger partial charge on any atom is 0.320 e. The minimum atomic E-state index is -4.73. The van der Waals surface area contributed by atoms with Crippen molar-refractivity contribution in [1.29, 1.82) is 0 Å². The molecular formula is C12H15ClN2O7S. The van der Waals surface area contributed by atoms with E-state index in [2.05, 4.69) is 10.6 Å². The Labute approximate surface area is 137 Å². The first kappa shape index (κ1) is 19.2. The Hall–Kier alpha value is -1.88. The van der Waals surface area contributed by atoms with E-state index in [1.54, 1.807) is 0 Å². The van der Waals surface area contributed by atoms with Gasteiger partial charge >= 0.3 is 5.97 Å². The lowest BCUT2D eigenvalue weighted by Gasteiger charge is -2.12. The normalized spacial score (nSPS) is 12.7. The number of aromatic hydroxyl groups is 1. The van der Waals surface area contributed by atoms with Crippen LogP contribution in [-0.2, 0) is 19.7 Å². The minimum Gasteiger partial charge on any atom is -0.504 e. The number of likely N-dealkylation sites (N-methyl/N-ethyl adjacent to an activating group) is 1. The molecule has 0 heterocycles. The van der Waals surface area contributed by atoms with Gasteiger partial charge in [-0.1, -0.05) is 11.6 Å². The van der Waals surface area contributed by atoms with Crippen molar-refractivity contribution in [3.05, 3.63) is 17.2 Å². The third-order valence-corrected chi connectivity index (χ3v) is 3.98. The number of anilines is 1. The lowest BCUT2D eigenvalue weighted by Crippen LogP contribution is -2.34. The van der Waals surface area contributed by atoms with Crippen LogP contribution in [0, 0.1) is 0 Å². The molecule has 5 N–H and O–H groups in total. The Morgan fingerprint density at radius 2 is 1.96 bits per heavy atom. The number of hydrogen-bond acceptors (Lipinski definition) is 6. The zero-order valence-corrected chi connectivity index (χ0v) is 13.5. The first-order valence-corrected chi connectivity index (χ1v) is 8.08. The molecule has 1 amide bonds. The van der Waals surface area contributed by atoms with Gasteiger partial charge in [0, 0.05) is 11.4 Å². The van der Waals surface area contributed by atoms with E-state index in [1.807, 2.05) is 0 Å². The second-order valence-corrected chi connectivity index (χ2v) is 6.37. The summed E-state index contributed by atoms with van der Waals surface area (Å²) < 4.78 is 31.2. The zero-order chi connectivity index (χ0) is 17.8. The highest BCUT2D eigenvalue weighted by Crippen LogP contribution is 2.34. The van der Waals surface area contributed by atoms with Crippen molar-refractivity contribution in [3.8, 4) is 5.75 Å². The van der Waals surface area contributed by atoms with Crippen LogP contribution in [0.4, 0.5) is 5.69 Å². The summed E-state index contributed by atoms with van der Waals surface area (Å²) in [5, 5.41) is 23.2. The molecular weight excluding hydrogens is 352 g/mol. The molecule has 0 unspecified atom stereocenters. The monoisotopic (exact) mass is 366 g/mol. The average molecular weight is 367 g/mol. The number of phenolic OH excluding ortho intramolecular Hbond substituents is 1. The van der Waals surface area contributed by atoms with Gasteiger partial charge < -0.3 is 20.8 Å². The van der Waals surface area contributed by atoms with Gasteiger partial charge in [-0.25, -0.2) is 0 Å². The zero-order valence-electron chi connectivity index (χ0n) is 11.9. The third-order valence-electron chi connectivity index (χ3n) is 2.90. The van der Waals surface area contributed by atoms with Crippen molar-refractivity contribution >= 4 is 39.3 Å². The number of carboxylic acid groups (broad SMARTS) is 1. The number of rotatable bonds is 7. The number of nitrogens with one attached hydrogen (secondary N) is 2. The van der Waals surface area contributed by atoms with Gasteiger partial charge in [0.05, 0.1) is 5.69 Å². The Balaban J connectivity index is 2.91. The molecule has 1 rings (SSSR count). The molecule has 0 spiro atoms. The molecule has 0 bridgehead atoms. The van der Waals surface area contributed by atoms with Crippen molar-refractivity contribution in [2.45, 2.75) is 23.8 Å². The first-order chi connectivity index (χ1) is 10.6. The van der Waals surface area contributed by atoms with E-state index in [0.29, 0.717) is 0 Å². The summed E-state index contributed by atoms with van der Waals surface area (Å²) in [5.74, 6) is -2.65. The van der Waals surface area contributed by atoms with E-state index in [4.69, 9.17) is 21.3 Å². The van der Waals surface area contributed by atoms with Crippen LogP contribution >= 0.6 is 11.6 Å². The van der Waals surface area contributed by atoms with Crippen LogP contribution in [0.3, 0.4) is 0 Å². The Morgan fingerprint density at radius 3 is 2.43 bits per heavy atom. The summed E-state index contributed by atoms with van der Waals surface area (Å²) in [5.41, 5.74) is -0.313. The van der Waals surface area contributed by atoms with Crippen LogP contribution in [-0.4, -0.2) is 48.1 Å². The number of benzene rings is 1. The number of carbonyl (C=O) groups is 2. The van der Waals surface area contributed by atoms with Crippen LogP contribution in [0.15, 0.2) is 17.0 Å². The molecule has 0 saturated carbocycles. The average Bonchev–Trinajstić information content (AvgIpc) is 2.41. The van der Waals surface area contributed by atoms with Gasteiger partial charge in [-0.3, -0.25) is 14.1 Å². The number of carboxylic acids is 1. The summed E-state index contributed by atoms with van der Waals surface area (Å²) in [6.07, 6.45) is -0.227. The summed E-state index contributed by atoms with van der Waals surface area (Å²) in [4.78, 5) is 21.7. The molecule has 1 atom stereocenters. The molecule has 0 aromatic heterocycles. The Morgan fingerprint density at radius 1 is 1.35 bits per heavy atom. The molecule has 0 radical (unpaired) electrons. The van der Waals surface area contributed by atoms with Gasteiger partial charge in [-0.15, -0.1) is 0 Å². The van der Waals surface area contributed by atoms with Crippen molar-refractivity contribution in [3.63, 3.8) is 0 Å². The fraction of sp³-hybridized carbons (Fsp3) is 0.333. The Kier molecular flexibility index (Phi) is 6.33. The van der Waals surface area contributed by atoms with Crippen molar-refractivity contribution in [2.24, 2.45) is 0 Å². The van der Waals surface area contributed by atoms with Crippen LogP contribution in [0.1, 0.15) is 12.8 Å². The summed E-state index contributed by atoms with van der Waals surface area (Å²) in [7, 11) is -3.30. The molecule has 11 heteroatoms. The van der Waals surface area contributed by atoms with Gasteiger partial charge in [0.25, 0.3) is 10.1 Å². The van der Waals surface area contributed by atoms with Crippen molar-refractivity contribution in [1.82, 2.24) is 5.32 Å². The molecule has 0 aliphatic carbocycles. The summed E-state index contributed by atoms with van der Waals surface area (Å²) in [6.45, 7) is 0. The highest BCUT2D eigenvalue weighted by Gasteiger charge is 2.21.